The van der Waals surface area contributed by atoms with Gasteiger partial charge < -0.3 is 19.1 Å². The van der Waals surface area contributed by atoms with Crippen molar-refractivity contribution in [1.29, 1.82) is 0 Å². The van der Waals surface area contributed by atoms with E-state index in [1.807, 2.05) is 37.7 Å². The van der Waals surface area contributed by atoms with Gasteiger partial charge in [0.25, 0.3) is 0 Å². The summed E-state index contributed by atoms with van der Waals surface area (Å²) in [6, 6.07) is 0. The first-order valence-corrected chi connectivity index (χ1v) is 8.76. The molecule has 1 amide bonds. The molecule has 0 unspecified atom stereocenters. The topological polar surface area (TPSA) is 84.6 Å². The number of morpholine rings is 1. The molecule has 1 atom stereocenters. The van der Waals surface area contributed by atoms with Crippen molar-refractivity contribution in [3.63, 3.8) is 0 Å². The molecule has 0 spiro atoms. The van der Waals surface area contributed by atoms with Gasteiger partial charge in [0.2, 0.25) is 5.91 Å². The van der Waals surface area contributed by atoms with Crippen LogP contribution in [0, 0.1) is 13.8 Å². The first kappa shape index (κ1) is 18.3. The Morgan fingerprint density at radius 3 is 2.77 bits per heavy atom. The summed E-state index contributed by atoms with van der Waals surface area (Å²) in [7, 11) is 3.84. The Morgan fingerprint density at radius 2 is 2.08 bits per heavy atom. The number of rotatable bonds is 5. The molecule has 0 saturated carbocycles. The molecule has 2 aromatic heterocycles. The Hall–Kier alpha value is -2.48. The molecular weight excluding hydrogens is 334 g/mol. The number of nitrogens with zero attached hydrogens (tertiary/aromatic N) is 5. The minimum absolute atomic E-state index is 0.105. The van der Waals surface area contributed by atoms with Crippen LogP contribution in [0.5, 0.6) is 0 Å². The Kier molecular flexibility index (Phi) is 5.51. The van der Waals surface area contributed by atoms with Crippen LogP contribution in [0.4, 0.5) is 5.82 Å². The molecule has 1 aliphatic heterocycles. The van der Waals surface area contributed by atoms with Crippen LogP contribution in [-0.2, 0) is 16.0 Å². The Morgan fingerprint density at radius 1 is 1.31 bits per heavy atom. The fraction of sp³-hybridized carbons (Fsp3) is 0.556. The van der Waals surface area contributed by atoms with Gasteiger partial charge in [0.1, 0.15) is 17.6 Å². The minimum Gasteiger partial charge on any atom is -0.368 e. The molecule has 8 heteroatoms. The molecule has 3 heterocycles. The molecule has 140 valence electrons. The largest absolute Gasteiger partial charge is 0.368 e. The van der Waals surface area contributed by atoms with Crippen LogP contribution in [-0.4, -0.2) is 59.7 Å². The van der Waals surface area contributed by atoms with Crippen LogP contribution in [0.15, 0.2) is 16.9 Å². The van der Waals surface area contributed by atoms with Gasteiger partial charge in [-0.1, -0.05) is 5.16 Å². The maximum Gasteiger partial charge on any atom is 0.223 e. The molecule has 3 rings (SSSR count). The van der Waals surface area contributed by atoms with Gasteiger partial charge in [-0.15, -0.1) is 0 Å². The predicted molar refractivity (Wildman–Crippen MR) is 95.9 cm³/mol. The molecule has 1 saturated heterocycles. The molecular formula is C18H25N5O3. The van der Waals surface area contributed by atoms with Gasteiger partial charge in [-0.25, -0.2) is 4.98 Å². The van der Waals surface area contributed by atoms with Gasteiger partial charge in [0.05, 0.1) is 18.8 Å². The smallest absolute Gasteiger partial charge is 0.223 e. The number of aryl methyl sites for hydroxylation is 2. The monoisotopic (exact) mass is 359 g/mol. The van der Waals surface area contributed by atoms with Crippen molar-refractivity contribution in [1.82, 2.24) is 20.0 Å². The number of carbonyl (C=O) groups is 1. The first-order valence-electron chi connectivity index (χ1n) is 8.76. The predicted octanol–water partition coefficient (Wildman–Crippen LogP) is 1.68. The standard InChI is InChI=1S/C18H25N5O3/c1-12-14(13(2)26-21-12)5-6-16(24)23-9-10-25-15(11-23)17-18(22(3)4)20-8-7-19-17/h7-8,15H,5-6,9-11H2,1-4H3/t15-/m1/s1. The van der Waals surface area contributed by atoms with Gasteiger partial charge >= 0.3 is 0 Å². The minimum atomic E-state index is -0.266. The first-order chi connectivity index (χ1) is 12.5. The highest BCUT2D eigenvalue weighted by molar-refractivity contribution is 5.76. The van der Waals surface area contributed by atoms with E-state index in [1.54, 1.807) is 12.4 Å². The van der Waals surface area contributed by atoms with Crippen LogP contribution >= 0.6 is 0 Å². The number of amides is 1. The number of hydrogen-bond acceptors (Lipinski definition) is 7. The Balaban J connectivity index is 1.66. The average molecular weight is 359 g/mol. The SMILES string of the molecule is Cc1noc(C)c1CCC(=O)N1CCO[C@@H](c2nccnc2N(C)C)C1. The number of anilines is 1. The number of carbonyl (C=O) groups excluding carboxylic acids is 1. The van der Waals surface area contributed by atoms with E-state index in [0.29, 0.717) is 32.5 Å². The normalized spacial score (nSPS) is 17.4. The van der Waals surface area contributed by atoms with Crippen LogP contribution in [0.3, 0.4) is 0 Å². The van der Waals surface area contributed by atoms with Crippen molar-refractivity contribution in [2.45, 2.75) is 32.8 Å². The maximum atomic E-state index is 12.7. The highest BCUT2D eigenvalue weighted by atomic mass is 16.5. The lowest BCUT2D eigenvalue weighted by atomic mass is 10.1. The molecule has 0 radical (unpaired) electrons. The fourth-order valence-corrected chi connectivity index (χ4v) is 3.20. The zero-order valence-corrected chi connectivity index (χ0v) is 15.7. The lowest BCUT2D eigenvalue weighted by molar-refractivity contribution is -0.139. The van der Waals surface area contributed by atoms with Crippen molar-refractivity contribution >= 4 is 11.7 Å². The van der Waals surface area contributed by atoms with Gasteiger partial charge in [-0.2, -0.15) is 0 Å². The third-order valence-electron chi connectivity index (χ3n) is 4.62. The van der Waals surface area contributed by atoms with Gasteiger partial charge in [-0.3, -0.25) is 9.78 Å². The van der Waals surface area contributed by atoms with Crippen LogP contribution < -0.4 is 4.90 Å². The molecule has 0 N–H and O–H groups in total. The molecule has 26 heavy (non-hydrogen) atoms. The molecule has 0 aromatic carbocycles. The summed E-state index contributed by atoms with van der Waals surface area (Å²) < 4.78 is 11.0. The number of ether oxygens (including phenoxy) is 1. The van der Waals surface area contributed by atoms with E-state index in [-0.39, 0.29) is 12.0 Å². The van der Waals surface area contributed by atoms with Gasteiger partial charge in [0, 0.05) is 45.0 Å². The molecule has 1 fully saturated rings. The molecule has 2 aromatic rings. The maximum absolute atomic E-state index is 12.7. The average Bonchev–Trinajstić information content (AvgIpc) is 2.97. The second-order valence-corrected chi connectivity index (χ2v) is 6.66. The molecule has 0 aliphatic carbocycles. The van der Waals surface area contributed by atoms with E-state index in [2.05, 4.69) is 15.1 Å². The summed E-state index contributed by atoms with van der Waals surface area (Å²) in [5.41, 5.74) is 2.64. The van der Waals surface area contributed by atoms with Crippen molar-refractivity contribution in [2.75, 3.05) is 38.7 Å². The van der Waals surface area contributed by atoms with E-state index in [4.69, 9.17) is 9.26 Å². The number of aromatic nitrogens is 3. The lowest BCUT2D eigenvalue weighted by Gasteiger charge is -2.33. The van der Waals surface area contributed by atoms with E-state index >= 15 is 0 Å². The number of hydrogen-bond donors (Lipinski definition) is 0. The zero-order chi connectivity index (χ0) is 18.7. The zero-order valence-electron chi connectivity index (χ0n) is 15.7. The molecule has 8 nitrogen and oxygen atoms in total. The molecule has 0 bridgehead atoms. The quantitative estimate of drug-likeness (QED) is 0.803. The van der Waals surface area contributed by atoms with E-state index in [9.17, 15) is 4.79 Å². The van der Waals surface area contributed by atoms with E-state index in [1.165, 1.54) is 0 Å². The summed E-state index contributed by atoms with van der Waals surface area (Å²) in [5, 5.41) is 3.94. The van der Waals surface area contributed by atoms with Crippen molar-refractivity contribution in [3.8, 4) is 0 Å². The van der Waals surface area contributed by atoms with Gasteiger partial charge in [0.15, 0.2) is 5.82 Å². The van der Waals surface area contributed by atoms with Crippen molar-refractivity contribution in [2.24, 2.45) is 0 Å². The summed E-state index contributed by atoms with van der Waals surface area (Å²) >= 11 is 0. The highest BCUT2D eigenvalue weighted by Gasteiger charge is 2.29. The van der Waals surface area contributed by atoms with Crippen molar-refractivity contribution < 1.29 is 14.1 Å². The Bertz CT molecular complexity index is 754. The van der Waals surface area contributed by atoms with E-state index < -0.39 is 0 Å². The third kappa shape index (κ3) is 3.85. The second kappa shape index (κ2) is 7.82. The second-order valence-electron chi connectivity index (χ2n) is 6.66. The van der Waals surface area contributed by atoms with Crippen LogP contribution in [0.1, 0.15) is 35.2 Å². The highest BCUT2D eigenvalue weighted by Crippen LogP contribution is 2.27. The summed E-state index contributed by atoms with van der Waals surface area (Å²) in [4.78, 5) is 25.3. The Labute approximate surface area is 153 Å². The molecule has 1 aliphatic rings. The summed E-state index contributed by atoms with van der Waals surface area (Å²) in [6.07, 6.45) is 4.11. The van der Waals surface area contributed by atoms with Crippen molar-refractivity contribution in [3.05, 3.63) is 35.1 Å². The summed E-state index contributed by atoms with van der Waals surface area (Å²) in [5.74, 6) is 1.65. The van der Waals surface area contributed by atoms with Gasteiger partial charge in [-0.05, 0) is 20.3 Å². The fourth-order valence-electron chi connectivity index (χ4n) is 3.20. The lowest BCUT2D eigenvalue weighted by Crippen LogP contribution is -2.42. The summed E-state index contributed by atoms with van der Waals surface area (Å²) in [6.45, 7) is 5.35. The van der Waals surface area contributed by atoms with Crippen LogP contribution in [0.2, 0.25) is 0 Å². The van der Waals surface area contributed by atoms with Crippen LogP contribution in [0.25, 0.3) is 0 Å². The third-order valence-corrected chi connectivity index (χ3v) is 4.62. The van der Waals surface area contributed by atoms with E-state index in [0.717, 1.165) is 28.5 Å².